The highest BCUT2D eigenvalue weighted by atomic mass is 16.5. The molecule has 0 fully saturated rings. The molecular formula is C25H34O5. The molecule has 2 aromatic carbocycles. The third kappa shape index (κ3) is 5.91. The molecule has 2 aromatic rings. The second kappa shape index (κ2) is 11.5. The van der Waals surface area contributed by atoms with Crippen molar-refractivity contribution in [1.29, 1.82) is 0 Å². The van der Waals surface area contributed by atoms with E-state index < -0.39 is 0 Å². The summed E-state index contributed by atoms with van der Waals surface area (Å²) in [5, 5.41) is 30.2. The van der Waals surface area contributed by atoms with Crippen molar-refractivity contribution in [3.63, 3.8) is 0 Å². The van der Waals surface area contributed by atoms with Crippen LogP contribution in [0, 0.1) is 13.8 Å². The Labute approximate surface area is 179 Å². The number of benzene rings is 2. The Morgan fingerprint density at radius 1 is 0.900 bits per heavy atom. The van der Waals surface area contributed by atoms with Gasteiger partial charge in [0.2, 0.25) is 0 Å². The van der Waals surface area contributed by atoms with E-state index in [9.17, 15) is 20.1 Å². The van der Waals surface area contributed by atoms with Crippen LogP contribution in [0.25, 0.3) is 0 Å². The minimum Gasteiger partial charge on any atom is -0.507 e. The first-order valence-corrected chi connectivity index (χ1v) is 10.8. The van der Waals surface area contributed by atoms with E-state index in [0.29, 0.717) is 29.9 Å². The van der Waals surface area contributed by atoms with Crippen molar-refractivity contribution in [1.82, 2.24) is 0 Å². The van der Waals surface area contributed by atoms with Crippen LogP contribution in [0.2, 0.25) is 0 Å². The summed E-state index contributed by atoms with van der Waals surface area (Å²) in [6, 6.07) is 5.56. The van der Waals surface area contributed by atoms with Crippen LogP contribution in [0.5, 0.6) is 23.0 Å². The predicted octanol–water partition coefficient (Wildman–Crippen LogP) is 5.30. The second-order valence-corrected chi connectivity index (χ2v) is 7.86. The van der Waals surface area contributed by atoms with Crippen molar-refractivity contribution in [3.8, 4) is 23.0 Å². The van der Waals surface area contributed by atoms with Crippen molar-refractivity contribution in [2.45, 2.75) is 72.1 Å². The van der Waals surface area contributed by atoms with E-state index in [1.54, 1.807) is 13.0 Å². The molecule has 30 heavy (non-hydrogen) atoms. The highest BCUT2D eigenvalue weighted by Gasteiger charge is 2.13. The van der Waals surface area contributed by atoms with Gasteiger partial charge in [-0.15, -0.1) is 0 Å². The Bertz CT molecular complexity index is 857. The summed E-state index contributed by atoms with van der Waals surface area (Å²) in [6.45, 7) is 6.26. The predicted molar refractivity (Wildman–Crippen MR) is 119 cm³/mol. The zero-order valence-electron chi connectivity index (χ0n) is 18.3. The molecule has 0 bridgehead atoms. The molecule has 0 radical (unpaired) electrons. The number of carbonyl (C=O) groups is 1. The third-order valence-corrected chi connectivity index (χ3v) is 5.55. The first-order chi connectivity index (χ1) is 14.4. The van der Waals surface area contributed by atoms with Gasteiger partial charge in [-0.05, 0) is 62.3 Å². The maximum Gasteiger partial charge on any atom is 0.160 e. The maximum absolute atomic E-state index is 10.8. The summed E-state index contributed by atoms with van der Waals surface area (Å²) in [4.78, 5) is 10.8. The number of phenols is 3. The summed E-state index contributed by atoms with van der Waals surface area (Å²) < 4.78 is 5.92. The molecule has 5 nitrogen and oxygen atoms in total. The molecule has 0 atom stereocenters. The maximum atomic E-state index is 10.8. The number of rotatable bonds is 12. The second-order valence-electron chi connectivity index (χ2n) is 7.86. The van der Waals surface area contributed by atoms with Gasteiger partial charge in [0, 0.05) is 17.5 Å². The summed E-state index contributed by atoms with van der Waals surface area (Å²) >= 11 is 0. The first kappa shape index (κ1) is 23.6. The van der Waals surface area contributed by atoms with Gasteiger partial charge in [0.05, 0.1) is 6.61 Å². The molecule has 0 unspecified atom stereocenters. The van der Waals surface area contributed by atoms with Crippen LogP contribution in [-0.2, 0) is 24.1 Å². The molecule has 0 aliphatic rings. The molecule has 0 spiro atoms. The quantitative estimate of drug-likeness (QED) is 0.249. The minimum absolute atomic E-state index is 0.0105. The number of aldehydes is 1. The molecule has 5 heteroatoms. The van der Waals surface area contributed by atoms with E-state index >= 15 is 0 Å². The van der Waals surface area contributed by atoms with Crippen molar-refractivity contribution >= 4 is 6.29 Å². The number of aryl methyl sites for hydroxylation is 2. The number of hydrogen-bond donors (Lipinski definition) is 3. The van der Waals surface area contributed by atoms with E-state index in [1.165, 1.54) is 0 Å². The lowest BCUT2D eigenvalue weighted by molar-refractivity contribution is -0.107. The summed E-state index contributed by atoms with van der Waals surface area (Å²) in [7, 11) is 0. The van der Waals surface area contributed by atoms with Crippen LogP contribution in [0.3, 0.4) is 0 Å². The molecule has 0 aromatic heterocycles. The van der Waals surface area contributed by atoms with Gasteiger partial charge in [-0.25, -0.2) is 0 Å². The average molecular weight is 415 g/mol. The normalized spacial score (nSPS) is 10.9. The Morgan fingerprint density at radius 3 is 2.33 bits per heavy atom. The Kier molecular flexibility index (Phi) is 9.03. The lowest BCUT2D eigenvalue weighted by Crippen LogP contribution is -2.02. The highest BCUT2D eigenvalue weighted by molar-refractivity contribution is 5.60. The fourth-order valence-electron chi connectivity index (χ4n) is 3.71. The topological polar surface area (TPSA) is 87.0 Å². The molecule has 0 heterocycles. The number of aromatic hydroxyl groups is 3. The molecule has 0 aliphatic carbocycles. The van der Waals surface area contributed by atoms with Crippen LogP contribution in [0.4, 0.5) is 0 Å². The molecule has 0 amide bonds. The average Bonchev–Trinajstić information content (AvgIpc) is 2.73. The standard InChI is InChI=1S/C25H34O5/c1-4-9-21-22(12-11-19(13-14-26)25(21)29)30-15-8-6-5-7-10-20-16-17(2)23(27)24(28)18(20)3/h11-12,14,16,27-29H,4-10,13,15H2,1-3H3. The molecule has 0 aliphatic heterocycles. The van der Waals surface area contributed by atoms with Gasteiger partial charge >= 0.3 is 0 Å². The van der Waals surface area contributed by atoms with Crippen molar-refractivity contribution < 1.29 is 24.9 Å². The van der Waals surface area contributed by atoms with E-state index in [2.05, 4.69) is 0 Å². The zero-order chi connectivity index (χ0) is 22.1. The number of carbonyl (C=O) groups excluding carboxylic acids is 1. The fraction of sp³-hybridized carbons (Fsp3) is 0.480. The van der Waals surface area contributed by atoms with Crippen LogP contribution in [-0.4, -0.2) is 28.2 Å². The molecule has 0 saturated carbocycles. The summed E-state index contributed by atoms with van der Waals surface area (Å²) in [5.74, 6) is 0.851. The lowest BCUT2D eigenvalue weighted by Gasteiger charge is -2.15. The van der Waals surface area contributed by atoms with Gasteiger partial charge in [-0.3, -0.25) is 0 Å². The molecule has 3 N–H and O–H groups in total. The molecular weight excluding hydrogens is 380 g/mol. The van der Waals surface area contributed by atoms with Crippen LogP contribution in [0.1, 0.15) is 66.8 Å². The van der Waals surface area contributed by atoms with Gasteiger partial charge in [0.1, 0.15) is 17.8 Å². The Balaban J connectivity index is 1.80. The van der Waals surface area contributed by atoms with Gasteiger partial charge < -0.3 is 24.9 Å². The minimum atomic E-state index is -0.0268. The zero-order valence-corrected chi connectivity index (χ0v) is 18.3. The Morgan fingerprint density at radius 2 is 1.63 bits per heavy atom. The summed E-state index contributed by atoms with van der Waals surface area (Å²) in [5.41, 5.74) is 3.96. The van der Waals surface area contributed by atoms with Crippen LogP contribution < -0.4 is 4.74 Å². The number of unbranched alkanes of at least 4 members (excludes halogenated alkanes) is 3. The smallest absolute Gasteiger partial charge is 0.160 e. The molecule has 0 saturated heterocycles. The number of phenolic OH excluding ortho intramolecular Hbond substituents is 3. The summed E-state index contributed by atoms with van der Waals surface area (Å²) in [6.07, 6.45) is 7.48. The third-order valence-electron chi connectivity index (χ3n) is 5.55. The van der Waals surface area contributed by atoms with Gasteiger partial charge in [0.15, 0.2) is 11.5 Å². The van der Waals surface area contributed by atoms with Gasteiger partial charge in [-0.2, -0.15) is 0 Å². The van der Waals surface area contributed by atoms with E-state index in [1.807, 2.05) is 26.0 Å². The van der Waals surface area contributed by atoms with E-state index in [0.717, 1.165) is 61.5 Å². The SMILES string of the molecule is CCCc1c(OCCCCCCc2cc(C)c(O)c(O)c2C)ccc(CC=O)c1O. The fourth-order valence-corrected chi connectivity index (χ4v) is 3.71. The van der Waals surface area contributed by atoms with Crippen molar-refractivity contribution in [2.24, 2.45) is 0 Å². The van der Waals surface area contributed by atoms with E-state index in [-0.39, 0.29) is 23.7 Å². The first-order valence-electron chi connectivity index (χ1n) is 10.8. The van der Waals surface area contributed by atoms with E-state index in [4.69, 9.17) is 4.74 Å². The monoisotopic (exact) mass is 414 g/mol. The van der Waals surface area contributed by atoms with Crippen molar-refractivity contribution in [3.05, 3.63) is 46.0 Å². The lowest BCUT2D eigenvalue weighted by atomic mass is 9.98. The number of ether oxygens (including phenoxy) is 1. The van der Waals surface area contributed by atoms with Crippen molar-refractivity contribution in [2.75, 3.05) is 6.61 Å². The molecule has 164 valence electrons. The van der Waals surface area contributed by atoms with Crippen LogP contribution in [0.15, 0.2) is 18.2 Å². The van der Waals surface area contributed by atoms with Crippen LogP contribution >= 0.6 is 0 Å². The van der Waals surface area contributed by atoms with Gasteiger partial charge in [-0.1, -0.05) is 38.3 Å². The Hall–Kier alpha value is -2.69. The molecule has 2 rings (SSSR count). The highest BCUT2D eigenvalue weighted by Crippen LogP contribution is 2.35. The largest absolute Gasteiger partial charge is 0.507 e. The number of hydrogen-bond acceptors (Lipinski definition) is 5. The van der Waals surface area contributed by atoms with Gasteiger partial charge in [0.25, 0.3) is 0 Å².